The summed E-state index contributed by atoms with van der Waals surface area (Å²) in [7, 11) is 0. The SMILES string of the molecule is OC1CCCC1CNc1ncccc1Br. The topological polar surface area (TPSA) is 45.1 Å². The molecular weight excluding hydrogens is 256 g/mol. The number of nitrogens with zero attached hydrogens (tertiary/aromatic N) is 1. The molecule has 2 atom stereocenters. The average Bonchev–Trinajstić information content (AvgIpc) is 2.63. The van der Waals surface area contributed by atoms with Crippen LogP contribution in [0.4, 0.5) is 5.82 Å². The van der Waals surface area contributed by atoms with E-state index >= 15 is 0 Å². The van der Waals surface area contributed by atoms with E-state index in [2.05, 4.69) is 26.2 Å². The highest BCUT2D eigenvalue weighted by molar-refractivity contribution is 9.10. The molecule has 1 aromatic heterocycles. The Morgan fingerprint density at radius 2 is 2.40 bits per heavy atom. The van der Waals surface area contributed by atoms with Crippen LogP contribution in [0.5, 0.6) is 0 Å². The van der Waals surface area contributed by atoms with Gasteiger partial charge >= 0.3 is 0 Å². The highest BCUT2D eigenvalue weighted by Gasteiger charge is 2.24. The van der Waals surface area contributed by atoms with Gasteiger partial charge in [-0.1, -0.05) is 6.42 Å². The summed E-state index contributed by atoms with van der Waals surface area (Å²) in [5.74, 6) is 1.23. The van der Waals surface area contributed by atoms with Gasteiger partial charge in [0.15, 0.2) is 0 Å². The normalized spacial score (nSPS) is 25.5. The number of aliphatic hydroxyl groups is 1. The number of rotatable bonds is 3. The lowest BCUT2D eigenvalue weighted by Crippen LogP contribution is -2.22. The van der Waals surface area contributed by atoms with Crippen molar-refractivity contribution < 1.29 is 5.11 Å². The molecule has 0 aliphatic heterocycles. The fourth-order valence-electron chi connectivity index (χ4n) is 2.00. The van der Waals surface area contributed by atoms with Crippen molar-refractivity contribution in [2.45, 2.75) is 25.4 Å². The highest BCUT2D eigenvalue weighted by atomic mass is 79.9. The van der Waals surface area contributed by atoms with Gasteiger partial charge in [0.2, 0.25) is 0 Å². The molecule has 2 N–H and O–H groups in total. The van der Waals surface area contributed by atoms with Gasteiger partial charge in [0.05, 0.1) is 10.6 Å². The van der Waals surface area contributed by atoms with E-state index in [1.54, 1.807) is 6.20 Å². The van der Waals surface area contributed by atoms with Crippen LogP contribution in [0.2, 0.25) is 0 Å². The smallest absolute Gasteiger partial charge is 0.140 e. The molecule has 0 saturated heterocycles. The van der Waals surface area contributed by atoms with E-state index in [9.17, 15) is 5.11 Å². The zero-order chi connectivity index (χ0) is 10.7. The van der Waals surface area contributed by atoms with E-state index in [1.807, 2.05) is 12.1 Å². The molecule has 0 aromatic carbocycles. The number of aliphatic hydroxyl groups excluding tert-OH is 1. The van der Waals surface area contributed by atoms with Crippen LogP contribution in [-0.2, 0) is 0 Å². The van der Waals surface area contributed by atoms with Crippen molar-refractivity contribution in [3.63, 3.8) is 0 Å². The minimum atomic E-state index is -0.139. The second kappa shape index (κ2) is 4.94. The summed E-state index contributed by atoms with van der Waals surface area (Å²) in [6.45, 7) is 0.802. The van der Waals surface area contributed by atoms with Crippen LogP contribution >= 0.6 is 15.9 Å². The molecular formula is C11H15BrN2O. The Kier molecular flexibility index (Phi) is 3.59. The highest BCUT2D eigenvalue weighted by Crippen LogP contribution is 2.26. The molecule has 1 saturated carbocycles. The largest absolute Gasteiger partial charge is 0.393 e. The van der Waals surface area contributed by atoms with Gasteiger partial charge in [0.25, 0.3) is 0 Å². The lowest BCUT2D eigenvalue weighted by Gasteiger charge is -2.15. The van der Waals surface area contributed by atoms with E-state index < -0.39 is 0 Å². The Balaban J connectivity index is 1.90. The molecule has 1 heterocycles. The summed E-state index contributed by atoms with van der Waals surface area (Å²) in [6, 6.07) is 3.85. The second-order valence-electron chi connectivity index (χ2n) is 3.97. The molecule has 0 spiro atoms. The first kappa shape index (κ1) is 10.9. The number of aromatic nitrogens is 1. The van der Waals surface area contributed by atoms with Gasteiger partial charge in [-0.3, -0.25) is 0 Å². The van der Waals surface area contributed by atoms with E-state index in [-0.39, 0.29) is 6.10 Å². The number of hydrogen-bond donors (Lipinski definition) is 2. The number of pyridine rings is 1. The monoisotopic (exact) mass is 270 g/mol. The van der Waals surface area contributed by atoms with Crippen LogP contribution in [0, 0.1) is 5.92 Å². The Labute approximate surface area is 98.0 Å². The van der Waals surface area contributed by atoms with Crippen molar-refractivity contribution in [2.75, 3.05) is 11.9 Å². The third-order valence-corrected chi connectivity index (χ3v) is 3.55. The van der Waals surface area contributed by atoms with Crippen LogP contribution in [0.15, 0.2) is 22.8 Å². The van der Waals surface area contributed by atoms with Crippen LogP contribution in [-0.4, -0.2) is 22.7 Å². The van der Waals surface area contributed by atoms with Gasteiger partial charge in [-0.05, 0) is 40.9 Å². The third-order valence-electron chi connectivity index (χ3n) is 2.91. The van der Waals surface area contributed by atoms with Crippen LogP contribution in [0.25, 0.3) is 0 Å². The summed E-state index contributed by atoms with van der Waals surface area (Å²) in [4.78, 5) is 4.22. The Hall–Kier alpha value is -0.610. The van der Waals surface area contributed by atoms with Gasteiger partial charge in [-0.25, -0.2) is 4.98 Å². The van der Waals surface area contributed by atoms with E-state index in [0.717, 1.165) is 36.1 Å². The van der Waals surface area contributed by atoms with Gasteiger partial charge in [0, 0.05) is 18.7 Å². The molecule has 3 nitrogen and oxygen atoms in total. The van der Waals surface area contributed by atoms with Gasteiger partial charge in [-0.15, -0.1) is 0 Å². The minimum Gasteiger partial charge on any atom is -0.393 e. The molecule has 2 unspecified atom stereocenters. The van der Waals surface area contributed by atoms with Crippen molar-refractivity contribution in [1.29, 1.82) is 0 Å². The zero-order valence-electron chi connectivity index (χ0n) is 8.49. The first-order valence-corrected chi connectivity index (χ1v) is 6.09. The average molecular weight is 271 g/mol. The number of halogens is 1. The molecule has 1 aromatic rings. The minimum absolute atomic E-state index is 0.139. The fraction of sp³-hybridized carbons (Fsp3) is 0.545. The molecule has 1 aliphatic carbocycles. The summed E-state index contributed by atoms with van der Waals surface area (Å²) in [6.07, 6.45) is 4.81. The van der Waals surface area contributed by atoms with Crippen LogP contribution in [0.1, 0.15) is 19.3 Å². The van der Waals surface area contributed by atoms with Gasteiger partial charge in [0.1, 0.15) is 5.82 Å². The number of hydrogen-bond acceptors (Lipinski definition) is 3. The van der Waals surface area contributed by atoms with Crippen molar-refractivity contribution in [1.82, 2.24) is 4.98 Å². The van der Waals surface area contributed by atoms with Gasteiger partial charge < -0.3 is 10.4 Å². The van der Waals surface area contributed by atoms with Crippen molar-refractivity contribution in [2.24, 2.45) is 5.92 Å². The molecule has 0 bridgehead atoms. The summed E-state index contributed by atoms with van der Waals surface area (Å²) < 4.78 is 0.970. The first-order chi connectivity index (χ1) is 7.27. The lowest BCUT2D eigenvalue weighted by molar-refractivity contribution is 0.138. The van der Waals surface area contributed by atoms with Crippen LogP contribution in [0.3, 0.4) is 0 Å². The van der Waals surface area contributed by atoms with E-state index in [1.165, 1.54) is 0 Å². The standard InChI is InChI=1S/C11H15BrN2O/c12-9-4-2-6-13-11(9)14-7-8-3-1-5-10(8)15/h2,4,6,8,10,15H,1,3,5,7H2,(H,13,14). The maximum Gasteiger partial charge on any atom is 0.140 e. The summed E-state index contributed by atoms with van der Waals surface area (Å²) >= 11 is 3.43. The molecule has 1 aliphatic rings. The maximum atomic E-state index is 9.66. The molecule has 2 rings (SSSR count). The number of nitrogens with one attached hydrogen (secondary N) is 1. The van der Waals surface area contributed by atoms with Crippen molar-refractivity contribution >= 4 is 21.7 Å². The van der Waals surface area contributed by atoms with Gasteiger partial charge in [-0.2, -0.15) is 0 Å². The molecule has 15 heavy (non-hydrogen) atoms. The Bertz CT molecular complexity index is 332. The molecule has 0 amide bonds. The molecule has 0 radical (unpaired) electrons. The molecule has 82 valence electrons. The second-order valence-corrected chi connectivity index (χ2v) is 4.83. The quantitative estimate of drug-likeness (QED) is 0.887. The van der Waals surface area contributed by atoms with E-state index in [0.29, 0.717) is 5.92 Å². The number of anilines is 1. The lowest BCUT2D eigenvalue weighted by atomic mass is 10.1. The third kappa shape index (κ3) is 2.69. The Morgan fingerprint density at radius 1 is 1.53 bits per heavy atom. The summed E-state index contributed by atoms with van der Waals surface area (Å²) in [5.41, 5.74) is 0. The van der Waals surface area contributed by atoms with Crippen molar-refractivity contribution in [3.8, 4) is 0 Å². The predicted molar refractivity (Wildman–Crippen MR) is 63.8 cm³/mol. The Morgan fingerprint density at radius 3 is 3.07 bits per heavy atom. The van der Waals surface area contributed by atoms with Crippen molar-refractivity contribution in [3.05, 3.63) is 22.8 Å². The fourth-order valence-corrected chi connectivity index (χ4v) is 2.39. The zero-order valence-corrected chi connectivity index (χ0v) is 10.1. The first-order valence-electron chi connectivity index (χ1n) is 5.30. The summed E-state index contributed by atoms with van der Waals surface area (Å²) in [5, 5.41) is 12.9. The maximum absolute atomic E-state index is 9.66. The molecule has 4 heteroatoms. The molecule has 1 fully saturated rings. The predicted octanol–water partition coefficient (Wildman–Crippen LogP) is 2.42. The van der Waals surface area contributed by atoms with Crippen LogP contribution < -0.4 is 5.32 Å². The van der Waals surface area contributed by atoms with E-state index in [4.69, 9.17) is 0 Å².